The highest BCUT2D eigenvalue weighted by molar-refractivity contribution is 6.45. The molecule has 1 saturated heterocycles. The summed E-state index contributed by atoms with van der Waals surface area (Å²) in [4.78, 5) is 39.2. The Morgan fingerprint density at radius 3 is 2.40 bits per heavy atom. The van der Waals surface area contributed by atoms with Gasteiger partial charge < -0.3 is 9.84 Å². The van der Waals surface area contributed by atoms with Crippen LogP contribution < -0.4 is 11.3 Å². The van der Waals surface area contributed by atoms with Crippen molar-refractivity contribution < 1.29 is 24.2 Å². The Morgan fingerprint density at radius 2 is 1.80 bits per heavy atom. The number of fused-ring (bicyclic) bond motifs is 1. The number of hydrogen-bond acceptors (Lipinski definition) is 7. The molecule has 0 spiro atoms. The fraction of sp³-hybridized carbons (Fsp3) is 0.640. The molecule has 0 radical (unpaired) electrons. The average Bonchev–Trinajstić information content (AvgIpc) is 2.75. The summed E-state index contributed by atoms with van der Waals surface area (Å²) in [6, 6.07) is -1.33. The number of ether oxygens (including phenoxy) is 1. The van der Waals surface area contributed by atoms with Crippen molar-refractivity contribution in [1.29, 1.82) is 0 Å². The Hall–Kier alpha value is -1.22. The number of aliphatic hydroxyl groups is 1. The summed E-state index contributed by atoms with van der Waals surface area (Å²) in [5, 5.41) is 9.67. The highest BCUT2D eigenvalue weighted by Crippen LogP contribution is 2.60. The lowest BCUT2D eigenvalue weighted by atomic mass is 9.56. The number of aliphatic hydroxyl groups excluding tert-OH is 1. The average molecular weight is 546 g/mol. The minimum atomic E-state index is -1.93. The molecular weight excluding hydrogens is 515 g/mol. The van der Waals surface area contributed by atoms with E-state index in [4.69, 9.17) is 45.4 Å². The molecule has 0 amide bonds. The number of hydrazine groups is 1. The van der Waals surface area contributed by atoms with Gasteiger partial charge in [0.15, 0.2) is 23.0 Å². The van der Waals surface area contributed by atoms with E-state index in [-0.39, 0.29) is 35.3 Å². The van der Waals surface area contributed by atoms with Crippen molar-refractivity contribution in [2.24, 2.45) is 17.2 Å². The van der Waals surface area contributed by atoms with Crippen LogP contribution in [0.1, 0.15) is 53.4 Å². The van der Waals surface area contributed by atoms with Crippen molar-refractivity contribution in [3.63, 3.8) is 0 Å². The molecule has 7 nitrogen and oxygen atoms in total. The van der Waals surface area contributed by atoms with Gasteiger partial charge in [0.2, 0.25) is 0 Å². The van der Waals surface area contributed by atoms with E-state index in [9.17, 15) is 19.5 Å². The summed E-state index contributed by atoms with van der Waals surface area (Å²) >= 11 is 20.5. The van der Waals surface area contributed by atoms with Gasteiger partial charge in [-0.3, -0.25) is 20.2 Å². The normalized spacial score (nSPS) is 40.9. The summed E-state index contributed by atoms with van der Waals surface area (Å²) in [6.07, 6.45) is 2.18. The molecule has 6 unspecified atom stereocenters. The van der Waals surface area contributed by atoms with Gasteiger partial charge in [0.05, 0.1) is 16.6 Å². The first-order valence-corrected chi connectivity index (χ1v) is 12.9. The number of alkyl halides is 3. The third-order valence-electron chi connectivity index (χ3n) is 8.44. The molecule has 0 bridgehead atoms. The van der Waals surface area contributed by atoms with E-state index in [0.717, 1.165) is 18.1 Å². The summed E-state index contributed by atoms with van der Waals surface area (Å²) in [5.74, 6) is 2.63. The van der Waals surface area contributed by atoms with E-state index in [2.05, 4.69) is 12.0 Å². The number of carbonyl (C=O) groups is 3. The largest absolute Gasteiger partial charge is 0.507 e. The first kappa shape index (κ1) is 26.8. The standard InChI is InChI=1S/C25H31Cl3N2O5/c1-11-6-7-15(26)22(2,3)12(11)9-25-21(34)18-17(13(31)8-14(32)19(18)30-29)20(33)24(25,28)10-16(27)23(4,5)35-25/h8,12,15-16,19,30-31H,1,6-7,9-10,29H2,2-5H3. The second-order valence-electron chi connectivity index (χ2n) is 11.2. The second kappa shape index (κ2) is 8.40. The molecule has 0 aromatic rings. The van der Waals surface area contributed by atoms with Crippen LogP contribution in [0.2, 0.25) is 0 Å². The van der Waals surface area contributed by atoms with Crippen molar-refractivity contribution >= 4 is 52.2 Å². The first-order chi connectivity index (χ1) is 16.0. The van der Waals surface area contributed by atoms with Crippen LogP contribution in [0.5, 0.6) is 0 Å². The van der Waals surface area contributed by atoms with Gasteiger partial charge in [-0.05, 0) is 50.9 Å². The zero-order valence-electron chi connectivity index (χ0n) is 20.2. The number of allylic oxidation sites excluding steroid dienone is 2. The van der Waals surface area contributed by atoms with E-state index >= 15 is 0 Å². The number of rotatable bonds is 3. The number of ketones is 3. The lowest BCUT2D eigenvalue weighted by Gasteiger charge is -2.59. The SMILES string of the molecule is C=C1CCC(Cl)C(C)(C)C1CC12OC(C)(C)C(Cl)CC1(Cl)C(=O)C1=C(C2=O)C(NN)C(=O)C=C1O. The number of nitrogens with one attached hydrogen (secondary N) is 1. The maximum absolute atomic E-state index is 14.5. The zero-order chi connectivity index (χ0) is 26.3. The molecule has 1 aliphatic heterocycles. The highest BCUT2D eigenvalue weighted by Gasteiger charge is 2.72. The fourth-order valence-corrected chi connectivity index (χ4v) is 7.19. The molecule has 0 aromatic carbocycles. The minimum absolute atomic E-state index is 0.00983. The van der Waals surface area contributed by atoms with Crippen LogP contribution in [0.3, 0.4) is 0 Å². The minimum Gasteiger partial charge on any atom is -0.507 e. The Balaban J connectivity index is 1.99. The van der Waals surface area contributed by atoms with E-state index in [1.165, 1.54) is 0 Å². The van der Waals surface area contributed by atoms with Gasteiger partial charge in [-0.25, -0.2) is 5.43 Å². The molecular formula is C25H31Cl3N2O5. The van der Waals surface area contributed by atoms with Crippen molar-refractivity contribution in [3.8, 4) is 0 Å². The molecule has 192 valence electrons. The number of hydrogen-bond donors (Lipinski definition) is 3. The molecule has 35 heavy (non-hydrogen) atoms. The summed E-state index contributed by atoms with van der Waals surface area (Å²) in [6.45, 7) is 11.7. The van der Waals surface area contributed by atoms with Gasteiger partial charge in [-0.2, -0.15) is 0 Å². The Kier molecular flexibility index (Phi) is 6.44. The topological polar surface area (TPSA) is 119 Å². The fourth-order valence-electron chi connectivity index (χ4n) is 6.13. The quantitative estimate of drug-likeness (QED) is 0.214. The van der Waals surface area contributed by atoms with Crippen LogP contribution >= 0.6 is 34.8 Å². The number of Topliss-reactive ketones (excluding diaryl/α,β-unsaturated/α-hetero) is 2. The number of carbonyl (C=O) groups excluding carboxylic acids is 3. The van der Waals surface area contributed by atoms with E-state index in [1.807, 2.05) is 13.8 Å². The van der Waals surface area contributed by atoms with Crippen molar-refractivity contribution in [2.45, 2.75) is 86.3 Å². The lowest BCUT2D eigenvalue weighted by Crippen LogP contribution is -2.74. The third kappa shape index (κ3) is 3.61. The second-order valence-corrected chi connectivity index (χ2v) is 12.9. The maximum Gasteiger partial charge on any atom is 0.195 e. The first-order valence-electron chi connectivity index (χ1n) is 11.6. The number of halogens is 3. The predicted octanol–water partition coefficient (Wildman–Crippen LogP) is 3.80. The molecule has 4 N–H and O–H groups in total. The molecule has 1 saturated carbocycles. The van der Waals surface area contributed by atoms with Crippen molar-refractivity contribution in [3.05, 3.63) is 35.1 Å². The van der Waals surface area contributed by atoms with Gasteiger partial charge in [-0.1, -0.05) is 26.0 Å². The van der Waals surface area contributed by atoms with E-state index in [1.54, 1.807) is 13.8 Å². The van der Waals surface area contributed by atoms with Crippen LogP contribution in [0.4, 0.5) is 0 Å². The lowest BCUT2D eigenvalue weighted by molar-refractivity contribution is -0.203. The molecule has 4 rings (SSSR count). The Bertz CT molecular complexity index is 1100. The zero-order valence-corrected chi connectivity index (χ0v) is 22.5. The maximum atomic E-state index is 14.5. The van der Waals surface area contributed by atoms with Gasteiger partial charge in [-0.15, -0.1) is 34.8 Å². The van der Waals surface area contributed by atoms with Crippen LogP contribution in [0.25, 0.3) is 0 Å². The molecule has 10 heteroatoms. The van der Waals surface area contributed by atoms with Gasteiger partial charge in [0, 0.05) is 17.0 Å². The highest BCUT2D eigenvalue weighted by atomic mass is 35.5. The van der Waals surface area contributed by atoms with Gasteiger partial charge in [0.1, 0.15) is 16.7 Å². The van der Waals surface area contributed by atoms with E-state index in [0.29, 0.717) is 6.42 Å². The predicted molar refractivity (Wildman–Crippen MR) is 135 cm³/mol. The number of nitrogens with two attached hydrogens (primary N) is 1. The van der Waals surface area contributed by atoms with Crippen LogP contribution in [0, 0.1) is 11.3 Å². The van der Waals surface area contributed by atoms with Gasteiger partial charge >= 0.3 is 0 Å². The molecule has 3 aliphatic carbocycles. The summed E-state index contributed by atoms with van der Waals surface area (Å²) in [5.41, 5.74) is -0.817. The van der Waals surface area contributed by atoms with Crippen molar-refractivity contribution in [2.75, 3.05) is 0 Å². The molecule has 6 atom stereocenters. The van der Waals surface area contributed by atoms with Crippen LogP contribution in [0.15, 0.2) is 35.1 Å². The van der Waals surface area contributed by atoms with Gasteiger partial charge in [0.25, 0.3) is 0 Å². The molecule has 1 heterocycles. The van der Waals surface area contributed by atoms with Crippen LogP contribution in [-0.2, 0) is 19.1 Å². The summed E-state index contributed by atoms with van der Waals surface area (Å²) in [7, 11) is 0. The van der Waals surface area contributed by atoms with Crippen LogP contribution in [-0.4, -0.2) is 55.3 Å². The van der Waals surface area contributed by atoms with Crippen molar-refractivity contribution in [1.82, 2.24) is 5.43 Å². The molecule has 0 aromatic heterocycles. The Labute approximate surface area is 220 Å². The molecule has 4 aliphatic rings. The smallest absolute Gasteiger partial charge is 0.195 e. The monoisotopic (exact) mass is 544 g/mol. The molecule has 2 fully saturated rings. The Morgan fingerprint density at radius 1 is 1.17 bits per heavy atom. The third-order valence-corrected chi connectivity index (χ3v) is 10.5. The van der Waals surface area contributed by atoms with E-state index < -0.39 is 56.0 Å². The summed E-state index contributed by atoms with van der Waals surface area (Å²) < 4.78 is 6.52.